The van der Waals surface area contributed by atoms with Gasteiger partial charge in [0.2, 0.25) is 0 Å². The molecule has 2 aliphatic carbocycles. The fraction of sp³-hybridized carbons (Fsp3) is 0.561. The minimum absolute atomic E-state index is 0.0328. The summed E-state index contributed by atoms with van der Waals surface area (Å²) in [4.78, 5) is 99.4. The zero-order valence-electron chi connectivity index (χ0n) is 33.7. The summed E-state index contributed by atoms with van der Waals surface area (Å²) >= 11 is 0. The molecule has 59 heavy (non-hydrogen) atoms. The van der Waals surface area contributed by atoms with Gasteiger partial charge in [0.05, 0.1) is 28.7 Å². The molecule has 2 aliphatic heterocycles. The third-order valence-electron chi connectivity index (χ3n) is 12.1. The fourth-order valence-corrected chi connectivity index (χ4v) is 9.54. The first-order chi connectivity index (χ1) is 27.6. The minimum atomic E-state index is -2.82. The third kappa shape index (κ3) is 6.89. The average molecular weight is 826 g/mol. The number of carbonyl (C=O) groups excluding carboxylic acids is 7. The van der Waals surface area contributed by atoms with Crippen LogP contribution in [0.2, 0.25) is 0 Å². The van der Waals surface area contributed by atoms with Crippen LogP contribution in [0.3, 0.4) is 0 Å². The number of cyclic esters (lactones) is 1. The second-order valence-corrected chi connectivity index (χ2v) is 15.9. The molecule has 0 amide bonds. The van der Waals surface area contributed by atoms with E-state index in [-0.39, 0.29) is 16.8 Å². The molecule has 2 N–H and O–H groups in total. The Morgan fingerprint density at radius 1 is 0.814 bits per heavy atom. The molecule has 2 aromatic rings. The number of aliphatic hydroxyl groups is 2. The third-order valence-corrected chi connectivity index (χ3v) is 12.1. The van der Waals surface area contributed by atoms with E-state index in [4.69, 9.17) is 37.9 Å². The van der Waals surface area contributed by atoms with Gasteiger partial charge in [-0.1, -0.05) is 32.0 Å². The lowest BCUT2D eigenvalue weighted by Gasteiger charge is -2.67. The van der Waals surface area contributed by atoms with Crippen LogP contribution in [0, 0.1) is 17.3 Å². The van der Waals surface area contributed by atoms with E-state index < -0.39 is 132 Å². The van der Waals surface area contributed by atoms with Crippen LogP contribution < -0.4 is 0 Å². The van der Waals surface area contributed by atoms with Gasteiger partial charge in [-0.25, -0.2) is 9.59 Å². The number of hydrogen-bond donors (Lipinski definition) is 2. The zero-order valence-corrected chi connectivity index (χ0v) is 33.7. The number of ether oxygens (including phenoxy) is 8. The topological polar surface area (TPSA) is 247 Å². The van der Waals surface area contributed by atoms with E-state index in [0.29, 0.717) is 0 Å². The molecule has 4 bridgehead atoms. The molecule has 6 rings (SSSR count). The number of benzene rings is 1. The standard InChI is InChI=1S/C41H47NO17/c1-19-20(2)35(48)57-32-29(47)33(58-36(49)25-13-10-9-11-14-25)40(18-52-21(3)43)34(56-24(6)46)30(54-22(4)44)27-31(55-23(5)45)41(40,39(32,8)51)59-38(27,7)17-53-37(50)26-15-12-16-42-28(19)26/h9-16,19-20,27,29-34,47,51H,17-18H2,1-8H3/t19-,20-,27+,29-,30+,31-,32-,33-,34+,38-,39-,40-,41-/m0/s1. The Morgan fingerprint density at radius 3 is 2.05 bits per heavy atom. The lowest BCUT2D eigenvalue weighted by Crippen LogP contribution is -2.89. The van der Waals surface area contributed by atoms with Gasteiger partial charge in [0.1, 0.15) is 54.2 Å². The highest BCUT2D eigenvalue weighted by Crippen LogP contribution is 2.70. The van der Waals surface area contributed by atoms with E-state index in [1.165, 1.54) is 56.4 Å². The molecular weight excluding hydrogens is 778 g/mol. The predicted octanol–water partition coefficient (Wildman–Crippen LogP) is 1.76. The molecule has 1 spiro atoms. The number of aromatic nitrogens is 1. The molecule has 18 heteroatoms. The molecule has 1 saturated heterocycles. The van der Waals surface area contributed by atoms with Crippen LogP contribution in [0.4, 0.5) is 0 Å². The molecule has 13 atom stereocenters. The molecule has 0 unspecified atom stereocenters. The van der Waals surface area contributed by atoms with Crippen LogP contribution in [-0.4, -0.2) is 124 Å². The Kier molecular flexibility index (Phi) is 11.4. The van der Waals surface area contributed by atoms with Crippen molar-refractivity contribution < 1.29 is 81.7 Å². The Morgan fingerprint density at radius 2 is 1.44 bits per heavy atom. The van der Waals surface area contributed by atoms with Crippen LogP contribution in [0.25, 0.3) is 0 Å². The quantitative estimate of drug-likeness (QED) is 0.298. The summed E-state index contributed by atoms with van der Waals surface area (Å²) in [7, 11) is 0. The highest BCUT2D eigenvalue weighted by molar-refractivity contribution is 5.91. The van der Waals surface area contributed by atoms with Crippen molar-refractivity contribution in [3.05, 3.63) is 65.5 Å². The van der Waals surface area contributed by atoms with Gasteiger partial charge < -0.3 is 48.1 Å². The van der Waals surface area contributed by atoms with Crippen molar-refractivity contribution in [3.8, 4) is 0 Å². The summed E-state index contributed by atoms with van der Waals surface area (Å²) < 4.78 is 48.8. The van der Waals surface area contributed by atoms with Gasteiger partial charge in [0.15, 0.2) is 17.8 Å². The summed E-state index contributed by atoms with van der Waals surface area (Å²) in [5.41, 5.74) is -10.2. The Balaban J connectivity index is 1.76. The van der Waals surface area contributed by atoms with Crippen LogP contribution in [-0.2, 0) is 61.9 Å². The predicted molar refractivity (Wildman–Crippen MR) is 196 cm³/mol. The molecule has 3 fully saturated rings. The summed E-state index contributed by atoms with van der Waals surface area (Å²) in [5, 5.41) is 26.0. The van der Waals surface area contributed by atoms with Crippen LogP contribution in [0.1, 0.15) is 87.7 Å². The molecule has 1 aromatic carbocycles. The van der Waals surface area contributed by atoms with Gasteiger partial charge in [-0.2, -0.15) is 0 Å². The van der Waals surface area contributed by atoms with Crippen molar-refractivity contribution in [2.75, 3.05) is 13.2 Å². The molecular formula is C41H47NO17. The lowest BCUT2D eigenvalue weighted by molar-refractivity contribution is -0.385. The maximum atomic E-state index is 14.3. The van der Waals surface area contributed by atoms with E-state index in [0.717, 1.165) is 34.6 Å². The molecule has 18 nitrogen and oxygen atoms in total. The molecule has 4 aliphatic rings. The van der Waals surface area contributed by atoms with E-state index in [1.807, 2.05) is 0 Å². The second-order valence-electron chi connectivity index (χ2n) is 15.9. The van der Waals surface area contributed by atoms with Crippen LogP contribution in [0.5, 0.6) is 0 Å². The number of fused-ring (bicyclic) bond motifs is 5. The second kappa shape index (κ2) is 15.6. The minimum Gasteiger partial charge on any atom is -0.465 e. The number of pyridine rings is 1. The number of rotatable bonds is 7. The van der Waals surface area contributed by atoms with Gasteiger partial charge >= 0.3 is 41.8 Å². The van der Waals surface area contributed by atoms with Crippen molar-refractivity contribution in [3.63, 3.8) is 0 Å². The molecule has 0 radical (unpaired) electrons. The highest BCUT2D eigenvalue weighted by atomic mass is 16.7. The molecule has 318 valence electrons. The van der Waals surface area contributed by atoms with Gasteiger partial charge in [-0.15, -0.1) is 0 Å². The number of carbonyl (C=O) groups is 7. The highest BCUT2D eigenvalue weighted by Gasteiger charge is 2.91. The largest absolute Gasteiger partial charge is 0.465 e. The van der Waals surface area contributed by atoms with E-state index >= 15 is 0 Å². The van der Waals surface area contributed by atoms with Gasteiger partial charge in [-0.3, -0.25) is 29.0 Å². The van der Waals surface area contributed by atoms with Gasteiger partial charge in [-0.05, 0) is 38.1 Å². The smallest absolute Gasteiger partial charge is 0.340 e. The van der Waals surface area contributed by atoms with Crippen molar-refractivity contribution in [2.45, 2.75) is 115 Å². The Hall–Kier alpha value is -5.46. The fourth-order valence-electron chi connectivity index (χ4n) is 9.54. The van der Waals surface area contributed by atoms with E-state index in [9.17, 15) is 43.8 Å². The normalized spacial score (nSPS) is 37.4. The molecule has 3 heterocycles. The maximum Gasteiger partial charge on any atom is 0.340 e. The Labute approximate surface area is 338 Å². The Bertz CT molecular complexity index is 2040. The van der Waals surface area contributed by atoms with Crippen molar-refractivity contribution >= 4 is 41.8 Å². The average Bonchev–Trinajstić information content (AvgIpc) is 3.39. The number of hydrogen-bond acceptors (Lipinski definition) is 18. The number of nitrogens with zero attached hydrogens (tertiary/aromatic N) is 1. The SMILES string of the molecule is CC(=O)OC[C@]12[C@H](OC(C)=O)[C@H](OC(C)=O)[C@@H]3[C@H](OC(C)=O)[C@@]14O[C@@]3(C)COC(=O)c1cccnc1[C@@H](C)[C@H](C)C(=O)O[C@@H]([C@H](O)[C@@H]2OC(=O)c1ccccc1)[C@]4(C)O. The summed E-state index contributed by atoms with van der Waals surface area (Å²) in [5.74, 6) is -10.6. The monoisotopic (exact) mass is 825 g/mol. The van der Waals surface area contributed by atoms with Crippen LogP contribution in [0.15, 0.2) is 48.7 Å². The maximum absolute atomic E-state index is 14.3. The first kappa shape index (κ1) is 43.1. The van der Waals surface area contributed by atoms with Crippen LogP contribution >= 0.6 is 0 Å². The first-order valence-electron chi connectivity index (χ1n) is 19.0. The number of esters is 7. The summed E-state index contributed by atoms with van der Waals surface area (Å²) in [6.45, 7) is 7.80. The van der Waals surface area contributed by atoms with E-state index in [2.05, 4.69) is 4.98 Å². The molecule has 1 aromatic heterocycles. The van der Waals surface area contributed by atoms with Crippen molar-refractivity contribution in [1.29, 1.82) is 0 Å². The van der Waals surface area contributed by atoms with Crippen molar-refractivity contribution in [2.24, 2.45) is 17.3 Å². The number of aliphatic hydroxyl groups excluding tert-OH is 1. The molecule has 2 saturated carbocycles. The lowest BCUT2D eigenvalue weighted by atomic mass is 9.45. The van der Waals surface area contributed by atoms with E-state index in [1.54, 1.807) is 13.0 Å². The summed E-state index contributed by atoms with van der Waals surface area (Å²) in [6.07, 6.45) is -10.9. The zero-order chi connectivity index (χ0) is 43.4. The van der Waals surface area contributed by atoms with Gasteiger partial charge in [0.25, 0.3) is 0 Å². The first-order valence-corrected chi connectivity index (χ1v) is 19.0. The van der Waals surface area contributed by atoms with Crippen molar-refractivity contribution in [1.82, 2.24) is 4.98 Å². The summed E-state index contributed by atoms with van der Waals surface area (Å²) in [6, 6.07) is 10.3. The van der Waals surface area contributed by atoms with Gasteiger partial charge in [0, 0.05) is 39.8 Å².